The summed E-state index contributed by atoms with van der Waals surface area (Å²) in [4.78, 5) is 0.320. The van der Waals surface area contributed by atoms with Crippen molar-refractivity contribution in [2.45, 2.75) is 11.8 Å². The lowest BCUT2D eigenvalue weighted by molar-refractivity contribution is 0.521. The number of benzene rings is 1. The third kappa shape index (κ3) is 2.67. The van der Waals surface area contributed by atoms with Crippen LogP contribution in [-0.2, 0) is 10.0 Å². The summed E-state index contributed by atoms with van der Waals surface area (Å²) < 4.78 is 24.6. The van der Waals surface area contributed by atoms with Gasteiger partial charge in [-0.2, -0.15) is 0 Å². The molecule has 0 radical (unpaired) electrons. The zero-order valence-electron chi connectivity index (χ0n) is 9.14. The maximum absolute atomic E-state index is 11.7. The summed E-state index contributed by atoms with van der Waals surface area (Å²) in [7, 11) is -0.253. The molecule has 0 aromatic heterocycles. The van der Waals surface area contributed by atoms with Crippen molar-refractivity contribution in [3.05, 3.63) is 35.9 Å². The van der Waals surface area contributed by atoms with Gasteiger partial charge in [-0.1, -0.05) is 24.3 Å². The van der Waals surface area contributed by atoms with E-state index in [0.717, 1.165) is 5.56 Å². The standard InChI is InChI=1S/C11H15NO2S/c1-4-5-10-6-8-11(9-7-10)15(13,14)12(2)3/h4-9H,1-3H3. The Morgan fingerprint density at radius 1 is 1.13 bits per heavy atom. The minimum absolute atomic E-state index is 0.320. The molecular formula is C11H15NO2S. The maximum Gasteiger partial charge on any atom is 0.242 e. The number of nitrogens with zero attached hydrogens (tertiary/aromatic N) is 1. The Morgan fingerprint density at radius 3 is 2.07 bits per heavy atom. The van der Waals surface area contributed by atoms with Crippen molar-refractivity contribution in [3.63, 3.8) is 0 Å². The zero-order chi connectivity index (χ0) is 11.5. The SMILES string of the molecule is CC=Cc1ccc(S(=O)(=O)N(C)C)cc1. The molecule has 1 aromatic carbocycles. The molecule has 0 aliphatic carbocycles. The number of hydrogen-bond acceptors (Lipinski definition) is 2. The van der Waals surface area contributed by atoms with E-state index in [1.807, 2.05) is 19.1 Å². The first-order valence-electron chi connectivity index (χ1n) is 4.64. The van der Waals surface area contributed by atoms with Crippen molar-refractivity contribution in [3.8, 4) is 0 Å². The van der Waals surface area contributed by atoms with Crippen LogP contribution in [0.1, 0.15) is 12.5 Å². The molecule has 3 nitrogen and oxygen atoms in total. The summed E-state index contributed by atoms with van der Waals surface area (Å²) in [6.45, 7) is 1.92. The fourth-order valence-electron chi connectivity index (χ4n) is 1.15. The van der Waals surface area contributed by atoms with Gasteiger partial charge in [0.25, 0.3) is 0 Å². The highest BCUT2D eigenvalue weighted by molar-refractivity contribution is 7.89. The Labute approximate surface area is 91.1 Å². The molecule has 15 heavy (non-hydrogen) atoms. The molecule has 0 bridgehead atoms. The monoisotopic (exact) mass is 225 g/mol. The lowest BCUT2D eigenvalue weighted by Crippen LogP contribution is -2.22. The lowest BCUT2D eigenvalue weighted by atomic mass is 10.2. The van der Waals surface area contributed by atoms with Gasteiger partial charge in [-0.05, 0) is 24.6 Å². The van der Waals surface area contributed by atoms with Crippen LogP contribution in [0.25, 0.3) is 6.08 Å². The summed E-state index contributed by atoms with van der Waals surface area (Å²) in [6, 6.07) is 6.81. The lowest BCUT2D eigenvalue weighted by Gasteiger charge is -2.10. The van der Waals surface area contributed by atoms with Crippen molar-refractivity contribution in [2.75, 3.05) is 14.1 Å². The third-order valence-electron chi connectivity index (χ3n) is 2.02. The summed E-state index contributed by atoms with van der Waals surface area (Å²) in [6.07, 6.45) is 3.83. The minimum Gasteiger partial charge on any atom is -0.207 e. The quantitative estimate of drug-likeness (QED) is 0.788. The predicted octanol–water partition coefficient (Wildman–Crippen LogP) is 1.97. The van der Waals surface area contributed by atoms with Gasteiger partial charge in [0, 0.05) is 14.1 Å². The number of sulfonamides is 1. The molecule has 0 unspecified atom stereocenters. The van der Waals surface area contributed by atoms with Gasteiger partial charge in [0.1, 0.15) is 0 Å². The smallest absolute Gasteiger partial charge is 0.207 e. The van der Waals surface area contributed by atoms with E-state index < -0.39 is 10.0 Å². The van der Waals surface area contributed by atoms with E-state index in [1.165, 1.54) is 18.4 Å². The van der Waals surface area contributed by atoms with Gasteiger partial charge in [0.15, 0.2) is 0 Å². The first-order chi connectivity index (χ1) is 6.98. The summed E-state index contributed by atoms with van der Waals surface area (Å²) in [5.74, 6) is 0. The third-order valence-corrected chi connectivity index (χ3v) is 3.85. The Kier molecular flexibility index (Phi) is 3.66. The zero-order valence-corrected chi connectivity index (χ0v) is 9.95. The molecule has 0 spiro atoms. The second-order valence-corrected chi connectivity index (χ2v) is 5.51. The molecule has 0 fully saturated rings. The van der Waals surface area contributed by atoms with E-state index in [9.17, 15) is 8.42 Å². The van der Waals surface area contributed by atoms with Crippen LogP contribution in [0.5, 0.6) is 0 Å². The van der Waals surface area contributed by atoms with E-state index in [1.54, 1.807) is 24.3 Å². The molecule has 82 valence electrons. The maximum atomic E-state index is 11.7. The molecule has 0 N–H and O–H groups in total. The fraction of sp³-hybridized carbons (Fsp3) is 0.273. The molecule has 0 amide bonds. The predicted molar refractivity (Wildman–Crippen MR) is 62.0 cm³/mol. The van der Waals surface area contributed by atoms with Crippen LogP contribution in [0, 0.1) is 0 Å². The normalized spacial score (nSPS) is 12.5. The van der Waals surface area contributed by atoms with E-state index in [2.05, 4.69) is 0 Å². The Hall–Kier alpha value is -1.13. The van der Waals surface area contributed by atoms with Gasteiger partial charge in [-0.3, -0.25) is 0 Å². The van der Waals surface area contributed by atoms with Crippen LogP contribution in [0.15, 0.2) is 35.2 Å². The molecule has 0 aliphatic rings. The van der Waals surface area contributed by atoms with Gasteiger partial charge in [0.05, 0.1) is 4.90 Å². The minimum atomic E-state index is -3.30. The van der Waals surface area contributed by atoms with E-state index in [4.69, 9.17) is 0 Å². The Balaban J connectivity index is 3.10. The molecule has 0 atom stereocenters. The van der Waals surface area contributed by atoms with Crippen LogP contribution in [-0.4, -0.2) is 26.8 Å². The van der Waals surface area contributed by atoms with Gasteiger partial charge >= 0.3 is 0 Å². The van der Waals surface area contributed by atoms with Crippen LogP contribution in [0.2, 0.25) is 0 Å². The average molecular weight is 225 g/mol. The molecule has 1 aromatic rings. The number of rotatable bonds is 3. The second-order valence-electron chi connectivity index (χ2n) is 3.36. The highest BCUT2D eigenvalue weighted by atomic mass is 32.2. The largest absolute Gasteiger partial charge is 0.242 e. The topological polar surface area (TPSA) is 37.4 Å². The Morgan fingerprint density at radius 2 is 1.67 bits per heavy atom. The van der Waals surface area contributed by atoms with E-state index >= 15 is 0 Å². The van der Waals surface area contributed by atoms with Crippen LogP contribution in [0.4, 0.5) is 0 Å². The van der Waals surface area contributed by atoms with Crippen molar-refractivity contribution in [1.82, 2.24) is 4.31 Å². The average Bonchev–Trinajstić information content (AvgIpc) is 2.19. The molecule has 0 aliphatic heterocycles. The molecule has 4 heteroatoms. The Bertz CT molecular complexity index is 444. The molecule has 0 saturated heterocycles. The van der Waals surface area contributed by atoms with Crippen LogP contribution in [0.3, 0.4) is 0 Å². The summed E-state index contributed by atoms with van der Waals surface area (Å²) >= 11 is 0. The van der Waals surface area contributed by atoms with Crippen molar-refractivity contribution >= 4 is 16.1 Å². The van der Waals surface area contributed by atoms with E-state index in [-0.39, 0.29) is 0 Å². The molecule has 1 rings (SSSR count). The highest BCUT2D eigenvalue weighted by Gasteiger charge is 2.15. The van der Waals surface area contributed by atoms with Crippen molar-refractivity contribution in [1.29, 1.82) is 0 Å². The van der Waals surface area contributed by atoms with Crippen LogP contribution < -0.4 is 0 Å². The van der Waals surface area contributed by atoms with Gasteiger partial charge < -0.3 is 0 Å². The molecular weight excluding hydrogens is 210 g/mol. The second kappa shape index (κ2) is 4.59. The van der Waals surface area contributed by atoms with Crippen molar-refractivity contribution in [2.24, 2.45) is 0 Å². The fourth-order valence-corrected chi connectivity index (χ4v) is 2.06. The first kappa shape index (κ1) is 11.9. The van der Waals surface area contributed by atoms with E-state index in [0.29, 0.717) is 4.90 Å². The van der Waals surface area contributed by atoms with Crippen LogP contribution >= 0.6 is 0 Å². The van der Waals surface area contributed by atoms with Gasteiger partial charge in [-0.25, -0.2) is 12.7 Å². The highest BCUT2D eigenvalue weighted by Crippen LogP contribution is 2.14. The van der Waals surface area contributed by atoms with Gasteiger partial charge in [0.2, 0.25) is 10.0 Å². The summed E-state index contributed by atoms with van der Waals surface area (Å²) in [5.41, 5.74) is 0.996. The summed E-state index contributed by atoms with van der Waals surface area (Å²) in [5, 5.41) is 0. The van der Waals surface area contributed by atoms with Crippen molar-refractivity contribution < 1.29 is 8.42 Å². The van der Waals surface area contributed by atoms with Gasteiger partial charge in [-0.15, -0.1) is 0 Å². The molecule has 0 saturated carbocycles. The number of hydrogen-bond donors (Lipinski definition) is 0. The molecule has 0 heterocycles. The number of allylic oxidation sites excluding steroid dienone is 1. The first-order valence-corrected chi connectivity index (χ1v) is 6.08.